The molecule has 2 aromatic heterocycles. The summed E-state index contributed by atoms with van der Waals surface area (Å²) in [5.41, 5.74) is 3.02. The van der Waals surface area contributed by atoms with Crippen molar-refractivity contribution in [3.05, 3.63) is 58.3 Å². The van der Waals surface area contributed by atoms with Gasteiger partial charge in [-0.3, -0.25) is 9.78 Å². The molecule has 0 saturated heterocycles. The summed E-state index contributed by atoms with van der Waals surface area (Å²) in [6, 6.07) is 8.66. The Morgan fingerprint density at radius 3 is 2.70 bits per heavy atom. The van der Waals surface area contributed by atoms with Gasteiger partial charge in [-0.2, -0.15) is 0 Å². The summed E-state index contributed by atoms with van der Waals surface area (Å²) in [7, 11) is 0. The number of aromatic nitrogens is 3. The zero-order valence-electron chi connectivity index (χ0n) is 10.7. The molecule has 0 radical (unpaired) electrons. The molecule has 0 aliphatic rings. The lowest BCUT2D eigenvalue weighted by molar-refractivity contribution is 0.102. The lowest BCUT2D eigenvalue weighted by Crippen LogP contribution is -2.12. The Morgan fingerprint density at radius 2 is 1.95 bits per heavy atom. The second kappa shape index (κ2) is 4.65. The summed E-state index contributed by atoms with van der Waals surface area (Å²) in [5, 5.41) is 2.76. The molecule has 6 heteroatoms. The number of anilines is 1. The lowest BCUT2D eigenvalue weighted by Gasteiger charge is -2.05. The molecule has 0 spiro atoms. The summed E-state index contributed by atoms with van der Waals surface area (Å²) in [6.07, 6.45) is 1.53. The van der Waals surface area contributed by atoms with Crippen molar-refractivity contribution in [2.45, 2.75) is 6.92 Å². The zero-order chi connectivity index (χ0) is 14.1. The summed E-state index contributed by atoms with van der Waals surface area (Å²) in [4.78, 5) is 32.6. The number of benzene rings is 1. The number of rotatable bonds is 2. The van der Waals surface area contributed by atoms with Crippen LogP contribution in [0.1, 0.15) is 16.1 Å². The standard InChI is InChI=1S/C14H12N4O2/c1-8-2-3-9(7-15-8)13(19)16-10-4-5-11-12(6-10)18-14(20)17-11/h2-7H,1H3,(H,16,19)(H2,17,18,20). The third-order valence-corrected chi connectivity index (χ3v) is 2.95. The van der Waals surface area contributed by atoms with Gasteiger partial charge in [0.1, 0.15) is 0 Å². The third kappa shape index (κ3) is 2.31. The fraction of sp³-hybridized carbons (Fsp3) is 0.0714. The van der Waals surface area contributed by atoms with Gasteiger partial charge in [0.2, 0.25) is 0 Å². The van der Waals surface area contributed by atoms with E-state index in [1.54, 1.807) is 30.3 Å². The van der Waals surface area contributed by atoms with Crippen LogP contribution in [0.25, 0.3) is 11.0 Å². The van der Waals surface area contributed by atoms with Gasteiger partial charge in [0.05, 0.1) is 16.6 Å². The summed E-state index contributed by atoms with van der Waals surface area (Å²) in [6.45, 7) is 1.86. The van der Waals surface area contributed by atoms with E-state index < -0.39 is 0 Å². The number of fused-ring (bicyclic) bond motifs is 1. The maximum Gasteiger partial charge on any atom is 0.323 e. The summed E-state index contributed by atoms with van der Waals surface area (Å²) < 4.78 is 0. The molecule has 0 bridgehead atoms. The van der Waals surface area contributed by atoms with Crippen molar-refractivity contribution in [3.8, 4) is 0 Å². The second-order valence-electron chi connectivity index (χ2n) is 4.48. The van der Waals surface area contributed by atoms with Crippen LogP contribution < -0.4 is 11.0 Å². The molecule has 3 aromatic rings. The smallest absolute Gasteiger partial charge is 0.322 e. The van der Waals surface area contributed by atoms with E-state index in [1.807, 2.05) is 6.92 Å². The van der Waals surface area contributed by atoms with Crippen LogP contribution in [0.3, 0.4) is 0 Å². The topological polar surface area (TPSA) is 90.6 Å². The van der Waals surface area contributed by atoms with E-state index in [0.717, 1.165) is 5.69 Å². The molecule has 1 aromatic carbocycles. The maximum atomic E-state index is 12.0. The number of imidazole rings is 1. The summed E-state index contributed by atoms with van der Waals surface area (Å²) in [5.74, 6) is -0.241. The minimum absolute atomic E-state index is 0.241. The number of pyridine rings is 1. The average Bonchev–Trinajstić information content (AvgIpc) is 2.78. The van der Waals surface area contributed by atoms with Gasteiger partial charge in [0.25, 0.3) is 5.91 Å². The number of amides is 1. The molecule has 0 aliphatic heterocycles. The minimum atomic E-state index is -0.272. The van der Waals surface area contributed by atoms with Crippen molar-refractivity contribution in [2.75, 3.05) is 5.32 Å². The van der Waals surface area contributed by atoms with Gasteiger partial charge in [0, 0.05) is 17.6 Å². The predicted octanol–water partition coefficient (Wildman–Crippen LogP) is 1.81. The number of aryl methyl sites for hydroxylation is 1. The first-order valence-corrected chi connectivity index (χ1v) is 6.08. The fourth-order valence-electron chi connectivity index (χ4n) is 1.92. The van der Waals surface area contributed by atoms with Crippen LogP contribution in [0.5, 0.6) is 0 Å². The summed E-state index contributed by atoms with van der Waals surface area (Å²) >= 11 is 0. The Kier molecular flexibility index (Phi) is 2.83. The molecule has 100 valence electrons. The van der Waals surface area contributed by atoms with Crippen LogP contribution in [-0.4, -0.2) is 20.9 Å². The van der Waals surface area contributed by atoms with Gasteiger partial charge in [-0.05, 0) is 37.3 Å². The van der Waals surface area contributed by atoms with Crippen LogP contribution in [0.15, 0.2) is 41.3 Å². The quantitative estimate of drug-likeness (QED) is 0.662. The average molecular weight is 268 g/mol. The molecule has 3 rings (SSSR count). The van der Waals surface area contributed by atoms with Gasteiger partial charge >= 0.3 is 5.69 Å². The Morgan fingerprint density at radius 1 is 1.15 bits per heavy atom. The van der Waals surface area contributed by atoms with E-state index in [9.17, 15) is 9.59 Å². The first kappa shape index (κ1) is 12.2. The van der Waals surface area contributed by atoms with E-state index >= 15 is 0 Å². The Bertz CT molecular complexity index is 830. The van der Waals surface area contributed by atoms with E-state index in [0.29, 0.717) is 22.3 Å². The second-order valence-corrected chi connectivity index (χ2v) is 4.48. The van der Waals surface area contributed by atoms with E-state index in [2.05, 4.69) is 20.3 Å². The van der Waals surface area contributed by atoms with Crippen LogP contribution >= 0.6 is 0 Å². The van der Waals surface area contributed by atoms with Crippen LogP contribution in [0.4, 0.5) is 5.69 Å². The van der Waals surface area contributed by atoms with Crippen molar-refractivity contribution in [1.82, 2.24) is 15.0 Å². The number of hydrogen-bond donors (Lipinski definition) is 3. The van der Waals surface area contributed by atoms with Gasteiger partial charge in [0.15, 0.2) is 0 Å². The molecule has 20 heavy (non-hydrogen) atoms. The molecule has 0 atom stereocenters. The normalized spacial score (nSPS) is 10.7. The Balaban J connectivity index is 1.86. The monoisotopic (exact) mass is 268 g/mol. The van der Waals surface area contributed by atoms with E-state index in [4.69, 9.17) is 0 Å². The number of aromatic amines is 2. The molecule has 6 nitrogen and oxygen atoms in total. The van der Waals surface area contributed by atoms with E-state index in [1.165, 1.54) is 6.20 Å². The van der Waals surface area contributed by atoms with Crippen molar-refractivity contribution in [3.63, 3.8) is 0 Å². The van der Waals surface area contributed by atoms with Crippen molar-refractivity contribution in [1.29, 1.82) is 0 Å². The largest absolute Gasteiger partial charge is 0.323 e. The molecular formula is C14H12N4O2. The molecule has 2 heterocycles. The highest BCUT2D eigenvalue weighted by atomic mass is 16.2. The third-order valence-electron chi connectivity index (χ3n) is 2.95. The number of nitrogens with one attached hydrogen (secondary N) is 3. The highest BCUT2D eigenvalue weighted by Gasteiger charge is 2.07. The molecule has 3 N–H and O–H groups in total. The van der Waals surface area contributed by atoms with Gasteiger partial charge in [-0.15, -0.1) is 0 Å². The van der Waals surface area contributed by atoms with Crippen LogP contribution in [0.2, 0.25) is 0 Å². The minimum Gasteiger partial charge on any atom is -0.322 e. The van der Waals surface area contributed by atoms with Crippen LogP contribution in [-0.2, 0) is 0 Å². The molecule has 0 aliphatic carbocycles. The van der Waals surface area contributed by atoms with Crippen molar-refractivity contribution in [2.24, 2.45) is 0 Å². The number of carbonyl (C=O) groups is 1. The highest BCUT2D eigenvalue weighted by Crippen LogP contribution is 2.15. The van der Waals surface area contributed by atoms with Gasteiger partial charge in [-0.1, -0.05) is 0 Å². The SMILES string of the molecule is Cc1ccc(C(=O)Nc2ccc3[nH]c(=O)[nH]c3c2)cn1. The zero-order valence-corrected chi connectivity index (χ0v) is 10.7. The van der Waals surface area contributed by atoms with Gasteiger partial charge < -0.3 is 15.3 Å². The fourth-order valence-corrected chi connectivity index (χ4v) is 1.92. The number of H-pyrrole nitrogens is 2. The Hall–Kier alpha value is -2.89. The first-order chi connectivity index (χ1) is 9.61. The number of hydrogen-bond acceptors (Lipinski definition) is 3. The molecule has 0 saturated carbocycles. The molecular weight excluding hydrogens is 256 g/mol. The van der Waals surface area contributed by atoms with Gasteiger partial charge in [-0.25, -0.2) is 4.79 Å². The molecule has 1 amide bonds. The molecule has 0 unspecified atom stereocenters. The maximum absolute atomic E-state index is 12.0. The highest BCUT2D eigenvalue weighted by molar-refractivity contribution is 6.04. The number of nitrogens with zero attached hydrogens (tertiary/aromatic N) is 1. The van der Waals surface area contributed by atoms with Crippen LogP contribution in [0, 0.1) is 6.92 Å². The predicted molar refractivity (Wildman–Crippen MR) is 75.8 cm³/mol. The molecule has 0 fully saturated rings. The lowest BCUT2D eigenvalue weighted by atomic mass is 10.2. The van der Waals surface area contributed by atoms with Crippen molar-refractivity contribution >= 4 is 22.6 Å². The first-order valence-electron chi connectivity index (χ1n) is 6.08. The number of carbonyl (C=O) groups excluding carboxylic acids is 1. The van der Waals surface area contributed by atoms with Crippen molar-refractivity contribution < 1.29 is 4.79 Å². The Labute approximate surface area is 113 Å². The van der Waals surface area contributed by atoms with E-state index in [-0.39, 0.29) is 11.6 Å².